The minimum Gasteiger partial charge on any atom is -0.374 e. The molecule has 0 aliphatic heterocycles. The quantitative estimate of drug-likeness (QED) is 0.726. The second-order valence-electron chi connectivity index (χ2n) is 4.91. The van der Waals surface area contributed by atoms with Crippen LogP contribution in [0.25, 0.3) is 10.9 Å². The van der Waals surface area contributed by atoms with Crippen molar-refractivity contribution in [3.63, 3.8) is 0 Å². The molecule has 2 aromatic carbocycles. The highest BCUT2D eigenvalue weighted by Gasteiger charge is 2.06. The number of para-hydroxylation sites is 1. The molecule has 1 aromatic heterocycles. The monoisotopic (exact) mass is 345 g/mol. The van der Waals surface area contributed by atoms with Crippen LogP contribution in [0.3, 0.4) is 0 Å². The number of hydrogen-bond acceptors (Lipinski definition) is 3. The van der Waals surface area contributed by atoms with E-state index in [-0.39, 0.29) is 12.5 Å². The molecule has 6 heteroatoms. The smallest absolute Gasteiger partial charge is 0.243 e. The Morgan fingerprint density at radius 3 is 2.70 bits per heavy atom. The largest absolute Gasteiger partial charge is 0.374 e. The maximum Gasteiger partial charge on any atom is 0.243 e. The van der Waals surface area contributed by atoms with Crippen LogP contribution in [0.1, 0.15) is 0 Å². The van der Waals surface area contributed by atoms with Gasteiger partial charge in [0.2, 0.25) is 5.91 Å². The molecule has 4 nitrogen and oxygen atoms in total. The molecule has 0 bridgehead atoms. The lowest BCUT2D eigenvalue weighted by atomic mass is 10.2. The molecule has 116 valence electrons. The highest BCUT2D eigenvalue weighted by atomic mass is 35.5. The van der Waals surface area contributed by atoms with E-state index in [2.05, 4.69) is 15.6 Å². The average Bonchev–Trinajstić information content (AvgIpc) is 2.56. The zero-order chi connectivity index (χ0) is 16.2. The Labute approximate surface area is 143 Å². The molecule has 0 spiro atoms. The van der Waals surface area contributed by atoms with E-state index < -0.39 is 0 Å². The summed E-state index contributed by atoms with van der Waals surface area (Å²) in [7, 11) is 0. The lowest BCUT2D eigenvalue weighted by Gasteiger charge is -2.10. The Kier molecular flexibility index (Phi) is 4.65. The SMILES string of the molecule is O=C(CNc1cccc2cccnc12)Nc1ccc(Cl)c(Cl)c1. The summed E-state index contributed by atoms with van der Waals surface area (Å²) in [5.41, 5.74) is 2.24. The Bertz CT molecular complexity index is 862. The number of carbonyl (C=O) groups excluding carboxylic acids is 1. The second kappa shape index (κ2) is 6.86. The molecule has 1 amide bonds. The number of anilines is 2. The lowest BCUT2D eigenvalue weighted by molar-refractivity contribution is -0.114. The third-order valence-corrected chi connectivity index (χ3v) is 4.01. The van der Waals surface area contributed by atoms with Gasteiger partial charge in [-0.3, -0.25) is 9.78 Å². The molecule has 0 radical (unpaired) electrons. The van der Waals surface area contributed by atoms with Crippen LogP contribution in [0.2, 0.25) is 10.0 Å². The number of carbonyl (C=O) groups is 1. The minimum absolute atomic E-state index is 0.121. The minimum atomic E-state index is -0.184. The van der Waals surface area contributed by atoms with Crippen molar-refractivity contribution >= 4 is 51.4 Å². The highest BCUT2D eigenvalue weighted by Crippen LogP contribution is 2.25. The fourth-order valence-corrected chi connectivity index (χ4v) is 2.50. The Morgan fingerprint density at radius 2 is 1.87 bits per heavy atom. The zero-order valence-electron chi connectivity index (χ0n) is 12.0. The van der Waals surface area contributed by atoms with E-state index in [4.69, 9.17) is 23.2 Å². The predicted octanol–water partition coefficient (Wildman–Crippen LogP) is 4.59. The van der Waals surface area contributed by atoms with Gasteiger partial charge < -0.3 is 10.6 Å². The van der Waals surface area contributed by atoms with Crippen molar-refractivity contribution in [1.29, 1.82) is 0 Å². The summed E-state index contributed by atoms with van der Waals surface area (Å²) in [4.78, 5) is 16.4. The Balaban J connectivity index is 1.67. The van der Waals surface area contributed by atoms with Gasteiger partial charge in [0.1, 0.15) is 0 Å². The first-order valence-electron chi connectivity index (χ1n) is 6.96. The van der Waals surface area contributed by atoms with Crippen molar-refractivity contribution in [3.05, 3.63) is 64.8 Å². The van der Waals surface area contributed by atoms with Crippen LogP contribution in [0.4, 0.5) is 11.4 Å². The summed E-state index contributed by atoms with van der Waals surface area (Å²) in [5.74, 6) is -0.184. The van der Waals surface area contributed by atoms with Crippen molar-refractivity contribution in [3.8, 4) is 0 Å². The van der Waals surface area contributed by atoms with E-state index in [0.717, 1.165) is 16.6 Å². The number of rotatable bonds is 4. The number of amides is 1. The van der Waals surface area contributed by atoms with E-state index in [1.807, 2.05) is 30.3 Å². The van der Waals surface area contributed by atoms with Gasteiger partial charge in [-0.25, -0.2) is 0 Å². The van der Waals surface area contributed by atoms with E-state index in [0.29, 0.717) is 15.7 Å². The van der Waals surface area contributed by atoms with Crippen LogP contribution in [0, 0.1) is 0 Å². The van der Waals surface area contributed by atoms with Crippen molar-refractivity contribution in [2.24, 2.45) is 0 Å². The number of nitrogens with zero attached hydrogens (tertiary/aromatic N) is 1. The van der Waals surface area contributed by atoms with Crippen LogP contribution in [0.15, 0.2) is 54.7 Å². The first-order valence-corrected chi connectivity index (χ1v) is 7.71. The van der Waals surface area contributed by atoms with Gasteiger partial charge in [0.25, 0.3) is 0 Å². The van der Waals surface area contributed by atoms with Crippen LogP contribution in [-0.2, 0) is 4.79 Å². The van der Waals surface area contributed by atoms with Crippen LogP contribution < -0.4 is 10.6 Å². The zero-order valence-corrected chi connectivity index (χ0v) is 13.5. The van der Waals surface area contributed by atoms with Crippen molar-refractivity contribution < 1.29 is 4.79 Å². The summed E-state index contributed by atoms with van der Waals surface area (Å²) in [6.45, 7) is 0.121. The molecule has 0 saturated carbocycles. The average molecular weight is 346 g/mol. The number of nitrogens with one attached hydrogen (secondary N) is 2. The van der Waals surface area contributed by atoms with Gasteiger partial charge in [-0.15, -0.1) is 0 Å². The van der Waals surface area contributed by atoms with Crippen molar-refractivity contribution in [2.75, 3.05) is 17.2 Å². The van der Waals surface area contributed by atoms with Crippen LogP contribution in [-0.4, -0.2) is 17.4 Å². The topological polar surface area (TPSA) is 54.0 Å². The molecule has 3 aromatic rings. The summed E-state index contributed by atoms with van der Waals surface area (Å²) in [6, 6.07) is 14.6. The van der Waals surface area contributed by atoms with Gasteiger partial charge in [-0.05, 0) is 30.3 Å². The molecule has 0 fully saturated rings. The number of aromatic nitrogens is 1. The van der Waals surface area contributed by atoms with Gasteiger partial charge in [-0.1, -0.05) is 41.4 Å². The molecular weight excluding hydrogens is 333 g/mol. The fraction of sp³-hybridized carbons (Fsp3) is 0.0588. The number of halogens is 2. The van der Waals surface area contributed by atoms with E-state index in [9.17, 15) is 4.79 Å². The number of hydrogen-bond donors (Lipinski definition) is 2. The third-order valence-electron chi connectivity index (χ3n) is 3.28. The van der Waals surface area contributed by atoms with Gasteiger partial charge in [0.05, 0.1) is 27.8 Å². The van der Waals surface area contributed by atoms with Crippen LogP contribution in [0.5, 0.6) is 0 Å². The molecule has 0 aliphatic rings. The number of fused-ring (bicyclic) bond motifs is 1. The molecule has 1 heterocycles. The van der Waals surface area contributed by atoms with E-state index >= 15 is 0 Å². The van der Waals surface area contributed by atoms with E-state index in [1.54, 1.807) is 24.4 Å². The first kappa shape index (κ1) is 15.6. The molecular formula is C17H13Cl2N3O. The lowest BCUT2D eigenvalue weighted by Crippen LogP contribution is -2.21. The normalized spacial score (nSPS) is 10.5. The third kappa shape index (κ3) is 3.73. The second-order valence-corrected chi connectivity index (χ2v) is 5.73. The Hall–Kier alpha value is -2.30. The molecule has 0 aliphatic carbocycles. The molecule has 0 atom stereocenters. The molecule has 23 heavy (non-hydrogen) atoms. The van der Waals surface area contributed by atoms with Gasteiger partial charge >= 0.3 is 0 Å². The molecule has 2 N–H and O–H groups in total. The van der Waals surface area contributed by atoms with Crippen LogP contribution >= 0.6 is 23.2 Å². The standard InChI is InChI=1S/C17H13Cl2N3O/c18-13-7-6-12(9-14(13)19)22-16(23)10-21-15-5-1-3-11-4-2-8-20-17(11)15/h1-9,21H,10H2,(H,22,23). The maximum absolute atomic E-state index is 12.0. The maximum atomic E-state index is 12.0. The Morgan fingerprint density at radius 1 is 1.04 bits per heavy atom. The summed E-state index contributed by atoms with van der Waals surface area (Å²) in [6.07, 6.45) is 1.73. The fourth-order valence-electron chi connectivity index (χ4n) is 2.20. The predicted molar refractivity (Wildman–Crippen MR) is 95.3 cm³/mol. The number of benzene rings is 2. The van der Waals surface area contributed by atoms with E-state index in [1.165, 1.54) is 0 Å². The molecule has 0 saturated heterocycles. The van der Waals surface area contributed by atoms with Gasteiger partial charge in [0.15, 0.2) is 0 Å². The highest BCUT2D eigenvalue weighted by molar-refractivity contribution is 6.42. The summed E-state index contributed by atoms with van der Waals surface area (Å²) >= 11 is 11.8. The molecule has 3 rings (SSSR count). The molecule has 0 unspecified atom stereocenters. The number of pyridine rings is 1. The van der Waals surface area contributed by atoms with Crippen molar-refractivity contribution in [1.82, 2.24) is 4.98 Å². The van der Waals surface area contributed by atoms with Crippen molar-refractivity contribution in [2.45, 2.75) is 0 Å². The van der Waals surface area contributed by atoms with Gasteiger partial charge in [-0.2, -0.15) is 0 Å². The van der Waals surface area contributed by atoms with Gasteiger partial charge in [0, 0.05) is 17.3 Å². The first-order chi connectivity index (χ1) is 11.1. The summed E-state index contributed by atoms with van der Waals surface area (Å²) < 4.78 is 0. The summed E-state index contributed by atoms with van der Waals surface area (Å²) in [5, 5.41) is 7.73.